The summed E-state index contributed by atoms with van der Waals surface area (Å²) in [4.78, 5) is 12.5. The van der Waals surface area contributed by atoms with Crippen LogP contribution in [0.1, 0.15) is 16.1 Å². The third kappa shape index (κ3) is 4.48. The molecule has 0 aliphatic heterocycles. The maximum absolute atomic E-state index is 12.6. The van der Waals surface area contributed by atoms with Gasteiger partial charge in [0.2, 0.25) is 10.0 Å². The van der Waals surface area contributed by atoms with E-state index in [1.54, 1.807) is 24.3 Å². The van der Waals surface area contributed by atoms with Crippen LogP contribution in [-0.4, -0.2) is 50.0 Å². The minimum atomic E-state index is -3.72. The number of rotatable bonds is 7. The fraction of sp³-hybridized carbons (Fsp3) is 0.200. The number of H-pyrrole nitrogens is 1. The Hall–Kier alpha value is -2.88. The average Bonchev–Trinajstić information content (AvgIpc) is 3.22. The van der Waals surface area contributed by atoms with E-state index in [1.165, 1.54) is 27.3 Å². The van der Waals surface area contributed by atoms with Crippen LogP contribution < -0.4 is 10.1 Å². The highest BCUT2D eigenvalue weighted by molar-refractivity contribution is 7.89. The summed E-state index contributed by atoms with van der Waals surface area (Å²) in [5.41, 5.74) is 1.99. The molecule has 0 saturated carbocycles. The highest BCUT2D eigenvalue weighted by Crippen LogP contribution is 2.30. The molecule has 0 saturated heterocycles. The zero-order valence-electron chi connectivity index (χ0n) is 16.6. The number of nitrogens with one attached hydrogen (secondary N) is 2. The van der Waals surface area contributed by atoms with Gasteiger partial charge in [0.05, 0.1) is 12.8 Å². The van der Waals surface area contributed by atoms with E-state index in [0.717, 1.165) is 9.87 Å². The number of nitrogens with zero attached hydrogens (tertiary/aromatic N) is 2. The maximum Gasteiger partial charge on any atom is 0.269 e. The molecule has 0 bridgehead atoms. The van der Waals surface area contributed by atoms with Crippen LogP contribution in [0.25, 0.3) is 11.3 Å². The molecule has 0 atom stereocenters. The third-order valence-corrected chi connectivity index (χ3v) is 6.64. The smallest absolute Gasteiger partial charge is 0.269 e. The highest BCUT2D eigenvalue weighted by atomic mass is 35.5. The number of benzene rings is 2. The number of amides is 1. The fourth-order valence-corrected chi connectivity index (χ4v) is 4.01. The van der Waals surface area contributed by atoms with Crippen LogP contribution in [0.15, 0.2) is 53.4 Å². The van der Waals surface area contributed by atoms with Gasteiger partial charge >= 0.3 is 0 Å². The van der Waals surface area contributed by atoms with Gasteiger partial charge < -0.3 is 10.1 Å². The molecule has 30 heavy (non-hydrogen) atoms. The van der Waals surface area contributed by atoms with Crippen LogP contribution in [0.5, 0.6) is 5.75 Å². The highest BCUT2D eigenvalue weighted by Gasteiger charge is 2.23. The zero-order chi connectivity index (χ0) is 21.9. The van der Waals surface area contributed by atoms with E-state index < -0.39 is 10.0 Å². The van der Waals surface area contributed by atoms with Gasteiger partial charge in [0.25, 0.3) is 5.91 Å². The van der Waals surface area contributed by atoms with Gasteiger partial charge in [0, 0.05) is 31.2 Å². The molecule has 3 aromatic rings. The van der Waals surface area contributed by atoms with E-state index in [4.69, 9.17) is 16.3 Å². The standard InChI is InChI=1S/C20H21ClN4O4S/c1-25(2)30(27,28)19-10-13(8-9-18(19)29-3)16-11-17(24-23-16)20(26)22-12-14-6-4-5-7-15(14)21/h4-11H,12H2,1-3H3,(H,22,26)(H,23,24). The predicted molar refractivity (Wildman–Crippen MR) is 114 cm³/mol. The Bertz CT molecular complexity index is 1180. The molecule has 1 heterocycles. The molecule has 10 heteroatoms. The minimum absolute atomic E-state index is 0.0141. The summed E-state index contributed by atoms with van der Waals surface area (Å²) < 4.78 is 31.5. The summed E-state index contributed by atoms with van der Waals surface area (Å²) >= 11 is 6.10. The van der Waals surface area contributed by atoms with Crippen molar-refractivity contribution in [2.45, 2.75) is 11.4 Å². The van der Waals surface area contributed by atoms with E-state index in [-0.39, 0.29) is 28.8 Å². The van der Waals surface area contributed by atoms with E-state index >= 15 is 0 Å². The summed E-state index contributed by atoms with van der Waals surface area (Å²) in [7, 11) is 0.562. The SMILES string of the molecule is COc1ccc(-c2cc(C(=O)NCc3ccccc3Cl)[nH]n2)cc1S(=O)(=O)N(C)C. The molecule has 3 rings (SSSR count). The van der Waals surface area contributed by atoms with Gasteiger partial charge in [-0.05, 0) is 35.9 Å². The maximum atomic E-state index is 12.6. The van der Waals surface area contributed by atoms with Crippen molar-refractivity contribution < 1.29 is 17.9 Å². The van der Waals surface area contributed by atoms with Gasteiger partial charge in [0.1, 0.15) is 16.3 Å². The van der Waals surface area contributed by atoms with Gasteiger partial charge in [-0.1, -0.05) is 29.8 Å². The van der Waals surface area contributed by atoms with Crippen LogP contribution in [0.3, 0.4) is 0 Å². The topological polar surface area (TPSA) is 104 Å². The van der Waals surface area contributed by atoms with Crippen LogP contribution in [0, 0.1) is 0 Å². The van der Waals surface area contributed by atoms with Crippen LogP contribution >= 0.6 is 11.6 Å². The van der Waals surface area contributed by atoms with Crippen molar-refractivity contribution in [1.29, 1.82) is 0 Å². The second kappa shape index (κ2) is 8.86. The van der Waals surface area contributed by atoms with Crippen LogP contribution in [-0.2, 0) is 16.6 Å². The molecule has 1 aromatic heterocycles. The van der Waals surface area contributed by atoms with Crippen LogP contribution in [0.2, 0.25) is 5.02 Å². The lowest BCUT2D eigenvalue weighted by molar-refractivity contribution is 0.0946. The molecule has 2 aromatic carbocycles. The molecule has 0 spiro atoms. The molecule has 0 radical (unpaired) electrons. The molecular formula is C20H21ClN4O4S. The number of sulfonamides is 1. The van der Waals surface area contributed by atoms with Crippen molar-refractivity contribution in [3.8, 4) is 17.0 Å². The molecule has 0 aliphatic carbocycles. The second-order valence-corrected chi connectivity index (χ2v) is 9.12. The number of aromatic nitrogens is 2. The number of aromatic amines is 1. The van der Waals surface area contributed by atoms with Gasteiger partial charge in [-0.15, -0.1) is 0 Å². The average molecular weight is 449 g/mol. The van der Waals surface area contributed by atoms with Gasteiger partial charge in [-0.2, -0.15) is 5.10 Å². The number of hydrogen-bond acceptors (Lipinski definition) is 5. The quantitative estimate of drug-likeness (QED) is 0.578. The summed E-state index contributed by atoms with van der Waals surface area (Å²) in [6, 6.07) is 13.5. The normalized spacial score (nSPS) is 11.5. The Morgan fingerprint density at radius 3 is 2.60 bits per heavy atom. The summed E-state index contributed by atoms with van der Waals surface area (Å²) in [6.07, 6.45) is 0. The number of carbonyl (C=O) groups excluding carboxylic acids is 1. The van der Waals surface area contributed by atoms with Crippen molar-refractivity contribution in [2.24, 2.45) is 0 Å². The fourth-order valence-electron chi connectivity index (χ4n) is 2.73. The Kier molecular flexibility index (Phi) is 6.45. The molecule has 0 aliphatic rings. The molecule has 8 nitrogen and oxygen atoms in total. The number of carbonyl (C=O) groups is 1. The summed E-state index contributed by atoms with van der Waals surface area (Å²) in [5.74, 6) is -0.135. The lowest BCUT2D eigenvalue weighted by atomic mass is 10.1. The van der Waals surface area contributed by atoms with E-state index in [0.29, 0.717) is 16.3 Å². The second-order valence-electron chi connectivity index (χ2n) is 6.59. The largest absolute Gasteiger partial charge is 0.495 e. The first kappa shape index (κ1) is 21.8. The molecular weight excluding hydrogens is 428 g/mol. The molecule has 0 unspecified atom stereocenters. The van der Waals surface area contributed by atoms with Crippen LogP contribution in [0.4, 0.5) is 0 Å². The minimum Gasteiger partial charge on any atom is -0.495 e. The zero-order valence-corrected chi connectivity index (χ0v) is 18.2. The van der Waals surface area contributed by atoms with E-state index in [9.17, 15) is 13.2 Å². The predicted octanol–water partition coefficient (Wildman–Crippen LogP) is 2.92. The first-order valence-corrected chi connectivity index (χ1v) is 10.7. The van der Waals surface area contributed by atoms with Crippen molar-refractivity contribution in [3.63, 3.8) is 0 Å². The van der Waals surface area contributed by atoms with E-state index in [2.05, 4.69) is 15.5 Å². The lowest BCUT2D eigenvalue weighted by Gasteiger charge is -2.15. The Labute approximate surface area is 179 Å². The Balaban J connectivity index is 1.83. The van der Waals surface area contributed by atoms with Gasteiger partial charge in [-0.3, -0.25) is 9.89 Å². The summed E-state index contributed by atoms with van der Waals surface area (Å²) in [5, 5.41) is 10.2. The van der Waals surface area contributed by atoms with Crippen molar-refractivity contribution in [2.75, 3.05) is 21.2 Å². The van der Waals surface area contributed by atoms with E-state index in [1.807, 2.05) is 18.2 Å². The van der Waals surface area contributed by atoms with Crippen molar-refractivity contribution in [1.82, 2.24) is 19.8 Å². The number of halogens is 1. The van der Waals surface area contributed by atoms with Crippen molar-refractivity contribution in [3.05, 3.63) is 64.8 Å². The molecule has 2 N–H and O–H groups in total. The number of ether oxygens (including phenoxy) is 1. The lowest BCUT2D eigenvalue weighted by Crippen LogP contribution is -2.23. The third-order valence-electron chi connectivity index (χ3n) is 4.44. The number of methoxy groups -OCH3 is 1. The van der Waals surface area contributed by atoms with Gasteiger partial charge in [-0.25, -0.2) is 12.7 Å². The van der Waals surface area contributed by atoms with Gasteiger partial charge in [0.15, 0.2) is 0 Å². The monoisotopic (exact) mass is 448 g/mol. The Morgan fingerprint density at radius 2 is 1.93 bits per heavy atom. The summed E-state index contributed by atoms with van der Waals surface area (Å²) in [6.45, 7) is 0.265. The number of hydrogen-bond donors (Lipinski definition) is 2. The van der Waals surface area contributed by atoms with Crippen molar-refractivity contribution >= 4 is 27.5 Å². The Morgan fingerprint density at radius 1 is 1.20 bits per heavy atom. The molecule has 158 valence electrons. The first-order valence-electron chi connectivity index (χ1n) is 8.92. The first-order chi connectivity index (χ1) is 14.2. The molecule has 1 amide bonds. The molecule has 0 fully saturated rings.